The van der Waals surface area contributed by atoms with Gasteiger partial charge in [-0.15, -0.1) is 0 Å². The van der Waals surface area contributed by atoms with E-state index >= 15 is 0 Å². The van der Waals surface area contributed by atoms with Gasteiger partial charge in [0.2, 0.25) is 0 Å². The molecule has 2 atom stereocenters. The molecule has 2 aliphatic rings. The standard InChI is InChI=1S/C18H22N2O5S/c21-18(22)3-5-19-6-7-20(16-12-26(23,24)11-15(16)19)10-13-1-2-17-14(9-13)4-8-25-17/h1-2,4,8-9,15-16H,3,5-7,10-12H2,(H,21,22). The van der Waals surface area contributed by atoms with Gasteiger partial charge in [-0.25, -0.2) is 8.42 Å². The van der Waals surface area contributed by atoms with Gasteiger partial charge < -0.3 is 9.52 Å². The molecular formula is C18H22N2O5S. The van der Waals surface area contributed by atoms with Crippen LogP contribution in [-0.2, 0) is 21.2 Å². The van der Waals surface area contributed by atoms with Crippen LogP contribution in [0.2, 0.25) is 0 Å². The smallest absolute Gasteiger partial charge is 0.304 e. The third-order valence-corrected chi connectivity index (χ3v) is 7.12. The Hall–Kier alpha value is -1.90. The Labute approximate surface area is 152 Å². The number of carboxylic acid groups (broad SMARTS) is 1. The van der Waals surface area contributed by atoms with Crippen LogP contribution in [0.3, 0.4) is 0 Å². The number of fused-ring (bicyclic) bond motifs is 2. The highest BCUT2D eigenvalue weighted by Crippen LogP contribution is 2.29. The lowest BCUT2D eigenvalue weighted by atomic mass is 10.0. The fourth-order valence-electron chi connectivity index (χ4n) is 4.16. The summed E-state index contributed by atoms with van der Waals surface area (Å²) >= 11 is 0. The summed E-state index contributed by atoms with van der Waals surface area (Å²) in [5.41, 5.74) is 1.97. The van der Waals surface area contributed by atoms with Gasteiger partial charge in [0.05, 0.1) is 24.2 Å². The molecule has 7 nitrogen and oxygen atoms in total. The van der Waals surface area contributed by atoms with E-state index in [4.69, 9.17) is 9.52 Å². The molecule has 1 N–H and O–H groups in total. The van der Waals surface area contributed by atoms with E-state index in [1.165, 1.54) is 0 Å². The average molecular weight is 378 g/mol. The maximum Gasteiger partial charge on any atom is 0.304 e. The summed E-state index contributed by atoms with van der Waals surface area (Å²) in [6.07, 6.45) is 1.70. The number of hydrogen-bond acceptors (Lipinski definition) is 6. The van der Waals surface area contributed by atoms with Gasteiger partial charge in [0, 0.05) is 43.6 Å². The first-order valence-electron chi connectivity index (χ1n) is 8.78. The molecule has 0 aliphatic carbocycles. The Bertz CT molecular complexity index is 923. The van der Waals surface area contributed by atoms with Crippen molar-refractivity contribution in [3.05, 3.63) is 36.1 Å². The molecular weight excluding hydrogens is 356 g/mol. The summed E-state index contributed by atoms with van der Waals surface area (Å²) in [6, 6.07) is 7.76. The number of carboxylic acids is 1. The summed E-state index contributed by atoms with van der Waals surface area (Å²) in [5.74, 6) is -0.581. The highest BCUT2D eigenvalue weighted by molar-refractivity contribution is 7.91. The number of benzene rings is 1. The lowest BCUT2D eigenvalue weighted by Gasteiger charge is -2.43. The van der Waals surface area contributed by atoms with Gasteiger partial charge >= 0.3 is 5.97 Å². The molecule has 1 aromatic heterocycles. The largest absolute Gasteiger partial charge is 0.481 e. The number of aliphatic carboxylic acids is 1. The maximum absolute atomic E-state index is 12.2. The SMILES string of the molecule is O=C(O)CCN1CCN(Cc2ccc3occc3c2)C2CS(=O)(=O)CC21. The van der Waals surface area contributed by atoms with Crippen LogP contribution >= 0.6 is 0 Å². The van der Waals surface area contributed by atoms with Crippen molar-refractivity contribution in [3.63, 3.8) is 0 Å². The predicted molar refractivity (Wildman–Crippen MR) is 96.7 cm³/mol. The van der Waals surface area contributed by atoms with E-state index in [1.54, 1.807) is 6.26 Å². The summed E-state index contributed by atoms with van der Waals surface area (Å²) in [7, 11) is -3.10. The van der Waals surface area contributed by atoms with Gasteiger partial charge in [-0.1, -0.05) is 6.07 Å². The summed E-state index contributed by atoms with van der Waals surface area (Å²) in [6.45, 7) is 2.52. The first-order chi connectivity index (χ1) is 12.4. The van der Waals surface area contributed by atoms with E-state index < -0.39 is 15.8 Å². The minimum atomic E-state index is -3.10. The second kappa shape index (κ2) is 6.68. The summed E-state index contributed by atoms with van der Waals surface area (Å²) < 4.78 is 29.8. The Morgan fingerprint density at radius 2 is 1.88 bits per heavy atom. The molecule has 2 aliphatic heterocycles. The van der Waals surface area contributed by atoms with Crippen LogP contribution in [0.5, 0.6) is 0 Å². The zero-order valence-corrected chi connectivity index (χ0v) is 15.2. The fraction of sp³-hybridized carbons (Fsp3) is 0.500. The molecule has 0 bridgehead atoms. The van der Waals surface area contributed by atoms with Crippen molar-refractivity contribution in [2.45, 2.75) is 25.0 Å². The van der Waals surface area contributed by atoms with Gasteiger partial charge in [0.15, 0.2) is 9.84 Å². The van der Waals surface area contributed by atoms with E-state index in [9.17, 15) is 13.2 Å². The van der Waals surface area contributed by atoms with Gasteiger partial charge in [-0.2, -0.15) is 0 Å². The molecule has 8 heteroatoms. The van der Waals surface area contributed by atoms with Crippen LogP contribution in [0.25, 0.3) is 11.0 Å². The van der Waals surface area contributed by atoms with Crippen LogP contribution in [0.15, 0.2) is 34.9 Å². The van der Waals surface area contributed by atoms with Crippen molar-refractivity contribution >= 4 is 26.8 Å². The fourth-order valence-corrected chi connectivity index (χ4v) is 6.20. The zero-order chi connectivity index (χ0) is 18.3. The number of sulfone groups is 1. The Morgan fingerprint density at radius 1 is 1.15 bits per heavy atom. The summed E-state index contributed by atoms with van der Waals surface area (Å²) in [5, 5.41) is 9.98. The van der Waals surface area contributed by atoms with E-state index in [1.807, 2.05) is 23.1 Å². The van der Waals surface area contributed by atoms with E-state index in [0.29, 0.717) is 19.6 Å². The first kappa shape index (κ1) is 17.5. The minimum Gasteiger partial charge on any atom is -0.481 e. The Balaban J connectivity index is 1.53. The topological polar surface area (TPSA) is 91.1 Å². The van der Waals surface area contributed by atoms with Gasteiger partial charge in [0.25, 0.3) is 0 Å². The molecule has 2 unspecified atom stereocenters. The van der Waals surface area contributed by atoms with Crippen LogP contribution < -0.4 is 0 Å². The lowest BCUT2D eigenvalue weighted by molar-refractivity contribution is -0.137. The lowest BCUT2D eigenvalue weighted by Crippen LogP contribution is -2.58. The Kier molecular flexibility index (Phi) is 4.50. The molecule has 0 spiro atoms. The van der Waals surface area contributed by atoms with Gasteiger partial charge in [-0.05, 0) is 23.8 Å². The van der Waals surface area contributed by atoms with E-state index in [2.05, 4.69) is 11.0 Å². The maximum atomic E-state index is 12.2. The highest BCUT2D eigenvalue weighted by atomic mass is 32.2. The molecule has 1 aromatic carbocycles. The van der Waals surface area contributed by atoms with Crippen molar-refractivity contribution in [1.82, 2.24) is 9.80 Å². The van der Waals surface area contributed by atoms with Crippen molar-refractivity contribution in [2.24, 2.45) is 0 Å². The molecule has 4 rings (SSSR count). The molecule has 0 amide bonds. The van der Waals surface area contributed by atoms with E-state index in [-0.39, 0.29) is 30.0 Å². The van der Waals surface area contributed by atoms with Crippen molar-refractivity contribution in [1.29, 1.82) is 0 Å². The van der Waals surface area contributed by atoms with Crippen LogP contribution in [0.4, 0.5) is 0 Å². The molecule has 26 heavy (non-hydrogen) atoms. The van der Waals surface area contributed by atoms with Crippen LogP contribution in [0.1, 0.15) is 12.0 Å². The zero-order valence-electron chi connectivity index (χ0n) is 14.4. The third-order valence-electron chi connectivity index (χ3n) is 5.42. The van der Waals surface area contributed by atoms with Crippen molar-refractivity contribution in [2.75, 3.05) is 31.1 Å². The minimum absolute atomic E-state index is 0.0421. The molecule has 2 aromatic rings. The normalized spacial score (nSPS) is 26.2. The second-order valence-electron chi connectivity index (χ2n) is 7.15. The van der Waals surface area contributed by atoms with E-state index in [0.717, 1.165) is 23.1 Å². The predicted octanol–water partition coefficient (Wildman–Crippen LogP) is 1.19. The van der Waals surface area contributed by atoms with Gasteiger partial charge in [0.1, 0.15) is 5.58 Å². The number of hydrogen-bond donors (Lipinski definition) is 1. The number of nitrogens with zero attached hydrogens (tertiary/aromatic N) is 2. The van der Waals surface area contributed by atoms with Crippen LogP contribution in [-0.4, -0.2) is 72.5 Å². The Morgan fingerprint density at radius 3 is 2.65 bits per heavy atom. The molecule has 3 heterocycles. The average Bonchev–Trinajstić information content (AvgIpc) is 3.16. The van der Waals surface area contributed by atoms with Crippen molar-refractivity contribution < 1.29 is 22.7 Å². The third kappa shape index (κ3) is 3.49. The molecule has 2 saturated heterocycles. The number of furan rings is 1. The number of piperazine rings is 1. The monoisotopic (exact) mass is 378 g/mol. The molecule has 140 valence electrons. The number of carbonyl (C=O) groups is 1. The summed E-state index contributed by atoms with van der Waals surface area (Å²) in [4.78, 5) is 15.2. The number of rotatable bonds is 5. The second-order valence-corrected chi connectivity index (χ2v) is 9.31. The molecule has 2 fully saturated rings. The quantitative estimate of drug-likeness (QED) is 0.836. The molecule has 0 saturated carbocycles. The highest BCUT2D eigenvalue weighted by Gasteiger charge is 2.46. The first-order valence-corrected chi connectivity index (χ1v) is 10.6. The van der Waals surface area contributed by atoms with Crippen LogP contribution in [0, 0.1) is 0 Å². The van der Waals surface area contributed by atoms with Crippen molar-refractivity contribution in [3.8, 4) is 0 Å². The molecule has 0 radical (unpaired) electrons. The van der Waals surface area contributed by atoms with Gasteiger partial charge in [-0.3, -0.25) is 14.6 Å².